The quantitative estimate of drug-likeness (QED) is 0.0705. The zero-order valence-electron chi connectivity index (χ0n) is 32.3. The second-order valence-electron chi connectivity index (χ2n) is 12.7. The van der Waals surface area contributed by atoms with Gasteiger partial charge in [-0.3, -0.25) is 0 Å². The van der Waals surface area contributed by atoms with E-state index < -0.39 is 0 Å². The SMILES string of the molecule is Cc1c(N)cccc1N.Cc1cc(N)cc(N)c1.Cc1cc(N)ccc1N.Cc1ccc(N)c(N)c1.Cc1ccc(N)cc1N.Cc1cccc(N)c1N. The third kappa shape index (κ3) is 16.8. The number of anilines is 12. The molecule has 0 aromatic heterocycles. The molecule has 0 fully saturated rings. The van der Waals surface area contributed by atoms with Gasteiger partial charge in [-0.05, 0) is 154 Å². The summed E-state index contributed by atoms with van der Waals surface area (Å²) in [6, 6.07) is 33.2. The molecule has 0 bridgehead atoms. The fourth-order valence-corrected chi connectivity index (χ4v) is 4.27. The molecule has 0 radical (unpaired) electrons. The lowest BCUT2D eigenvalue weighted by Crippen LogP contribution is -1.95. The van der Waals surface area contributed by atoms with Gasteiger partial charge in [0.25, 0.3) is 0 Å². The summed E-state index contributed by atoms with van der Waals surface area (Å²) in [4.78, 5) is 0. The first-order chi connectivity index (χ1) is 25.2. The molecule has 12 heteroatoms. The summed E-state index contributed by atoms with van der Waals surface area (Å²) in [6.07, 6.45) is 0. The first kappa shape index (κ1) is 44.9. The van der Waals surface area contributed by atoms with Crippen molar-refractivity contribution in [3.05, 3.63) is 143 Å². The van der Waals surface area contributed by atoms with E-state index in [4.69, 9.17) is 68.8 Å². The molecule has 54 heavy (non-hydrogen) atoms. The van der Waals surface area contributed by atoms with E-state index in [1.165, 1.54) is 0 Å². The van der Waals surface area contributed by atoms with Crippen LogP contribution in [-0.2, 0) is 0 Å². The van der Waals surface area contributed by atoms with Crippen LogP contribution in [0.2, 0.25) is 0 Å². The Labute approximate surface area is 320 Å². The average Bonchev–Trinajstić information content (AvgIpc) is 3.09. The van der Waals surface area contributed by atoms with E-state index in [1.807, 2.05) is 126 Å². The first-order valence-corrected chi connectivity index (χ1v) is 16.9. The number of rotatable bonds is 0. The first-order valence-electron chi connectivity index (χ1n) is 16.9. The van der Waals surface area contributed by atoms with Gasteiger partial charge in [-0.1, -0.05) is 30.3 Å². The maximum atomic E-state index is 5.56. The van der Waals surface area contributed by atoms with Crippen LogP contribution in [0.4, 0.5) is 68.2 Å². The highest BCUT2D eigenvalue weighted by atomic mass is 14.7. The lowest BCUT2D eigenvalue weighted by molar-refractivity contribution is 1.47. The van der Waals surface area contributed by atoms with Gasteiger partial charge in [0.15, 0.2) is 0 Å². The van der Waals surface area contributed by atoms with Crippen LogP contribution < -0.4 is 68.8 Å². The Kier molecular flexibility index (Phi) is 18.3. The molecule has 0 aliphatic carbocycles. The summed E-state index contributed by atoms with van der Waals surface area (Å²) in [5.74, 6) is 0. The molecule has 0 unspecified atom stereocenters. The van der Waals surface area contributed by atoms with Gasteiger partial charge in [-0.2, -0.15) is 0 Å². The Hall–Kier alpha value is -7.08. The standard InChI is InChI=1S/6C7H10N2/c1-5-2-6(8)4-7(9)3-5;1-5-4-6(8)2-3-7(5)9;1-5-2-3-6(8)4-7(5)9;1-5-2-3-6(8)7(9)4-5;1-5-6(8)3-2-4-7(5)9;1-5-3-2-4-6(8)7(5)9/h6*2-4H,8-9H2,1H3. The van der Waals surface area contributed by atoms with Crippen molar-refractivity contribution < 1.29 is 0 Å². The van der Waals surface area contributed by atoms with Gasteiger partial charge in [0.1, 0.15) is 0 Å². The molecule has 6 aromatic carbocycles. The van der Waals surface area contributed by atoms with Crippen molar-refractivity contribution in [3.63, 3.8) is 0 Å². The molecule has 288 valence electrons. The number of nitrogen functional groups attached to an aromatic ring is 12. The summed E-state index contributed by atoms with van der Waals surface area (Å²) in [5, 5.41) is 0. The molecule has 12 nitrogen and oxygen atoms in total. The van der Waals surface area contributed by atoms with Crippen molar-refractivity contribution in [3.8, 4) is 0 Å². The number of aryl methyl sites for hydroxylation is 5. The van der Waals surface area contributed by atoms with Crippen molar-refractivity contribution in [1.29, 1.82) is 0 Å². The van der Waals surface area contributed by atoms with Gasteiger partial charge < -0.3 is 68.8 Å². The zero-order valence-corrected chi connectivity index (χ0v) is 32.3. The lowest BCUT2D eigenvalue weighted by Gasteiger charge is -2.00. The molecule has 0 aliphatic heterocycles. The van der Waals surface area contributed by atoms with E-state index in [1.54, 1.807) is 24.3 Å². The van der Waals surface area contributed by atoms with E-state index in [-0.39, 0.29) is 0 Å². The van der Waals surface area contributed by atoms with Crippen LogP contribution in [0.25, 0.3) is 0 Å². The molecule has 6 rings (SSSR count). The van der Waals surface area contributed by atoms with Crippen molar-refractivity contribution in [1.82, 2.24) is 0 Å². The third-order valence-corrected chi connectivity index (χ3v) is 7.74. The highest BCUT2D eigenvalue weighted by Crippen LogP contribution is 2.18. The molecular formula is C42H60N12. The van der Waals surface area contributed by atoms with Crippen molar-refractivity contribution in [2.45, 2.75) is 41.5 Å². The maximum absolute atomic E-state index is 5.56. The largest absolute Gasteiger partial charge is 0.399 e. The molecule has 0 saturated carbocycles. The molecule has 0 saturated heterocycles. The number of hydrogen-bond acceptors (Lipinski definition) is 12. The minimum atomic E-state index is 0.653. The molecule has 0 amide bonds. The molecule has 24 N–H and O–H groups in total. The third-order valence-electron chi connectivity index (χ3n) is 7.74. The predicted octanol–water partition coefficient (Wildman–Crippen LogP) is 6.96. The van der Waals surface area contributed by atoms with E-state index in [0.717, 1.165) is 78.9 Å². The monoisotopic (exact) mass is 733 g/mol. The normalized spacial score (nSPS) is 9.44. The fourth-order valence-electron chi connectivity index (χ4n) is 4.27. The van der Waals surface area contributed by atoms with Crippen LogP contribution >= 0.6 is 0 Å². The van der Waals surface area contributed by atoms with E-state index >= 15 is 0 Å². The smallest absolute Gasteiger partial charge is 0.0577 e. The Morgan fingerprint density at radius 3 is 1.19 bits per heavy atom. The Morgan fingerprint density at radius 2 is 0.778 bits per heavy atom. The Balaban J connectivity index is 0.000000324. The number of hydrogen-bond donors (Lipinski definition) is 12. The highest BCUT2D eigenvalue weighted by molar-refractivity contribution is 5.67. The fraction of sp³-hybridized carbons (Fsp3) is 0.143. The van der Waals surface area contributed by atoms with Crippen LogP contribution in [0, 0.1) is 41.5 Å². The summed E-state index contributed by atoms with van der Waals surface area (Å²) in [7, 11) is 0. The van der Waals surface area contributed by atoms with E-state index in [9.17, 15) is 0 Å². The molecule has 0 aliphatic rings. The summed E-state index contributed by atoms with van der Waals surface area (Å²) < 4.78 is 0. The Bertz CT molecular complexity index is 1820. The maximum Gasteiger partial charge on any atom is 0.0577 e. The van der Waals surface area contributed by atoms with Crippen molar-refractivity contribution in [2.24, 2.45) is 0 Å². The van der Waals surface area contributed by atoms with Gasteiger partial charge in [-0.15, -0.1) is 0 Å². The van der Waals surface area contributed by atoms with Gasteiger partial charge in [0, 0.05) is 45.5 Å². The van der Waals surface area contributed by atoms with Crippen LogP contribution in [0.1, 0.15) is 33.4 Å². The number of nitrogens with two attached hydrogens (primary N) is 12. The lowest BCUT2D eigenvalue weighted by atomic mass is 10.2. The van der Waals surface area contributed by atoms with Crippen LogP contribution in [-0.4, -0.2) is 0 Å². The van der Waals surface area contributed by atoms with Gasteiger partial charge in [0.2, 0.25) is 0 Å². The molecule has 0 spiro atoms. The van der Waals surface area contributed by atoms with Gasteiger partial charge >= 0.3 is 0 Å². The zero-order chi connectivity index (χ0) is 41.1. The van der Waals surface area contributed by atoms with Crippen LogP contribution in [0.15, 0.2) is 109 Å². The molecular weight excluding hydrogens is 673 g/mol. The van der Waals surface area contributed by atoms with Crippen molar-refractivity contribution >= 4 is 68.2 Å². The predicted molar refractivity (Wildman–Crippen MR) is 240 cm³/mol. The summed E-state index contributed by atoms with van der Waals surface area (Å²) in [6.45, 7) is 11.7. The minimum Gasteiger partial charge on any atom is -0.399 e. The van der Waals surface area contributed by atoms with Gasteiger partial charge in [-0.25, -0.2) is 0 Å². The number of benzene rings is 6. The second-order valence-corrected chi connectivity index (χ2v) is 12.7. The van der Waals surface area contributed by atoms with Crippen LogP contribution in [0.3, 0.4) is 0 Å². The average molecular weight is 733 g/mol. The highest BCUT2D eigenvalue weighted by Gasteiger charge is 1.95. The molecule has 0 heterocycles. The van der Waals surface area contributed by atoms with Crippen LogP contribution in [0.5, 0.6) is 0 Å². The van der Waals surface area contributed by atoms with Crippen molar-refractivity contribution in [2.75, 3.05) is 68.8 Å². The second kappa shape index (κ2) is 22.0. The molecule has 6 aromatic rings. The summed E-state index contributed by atoms with van der Waals surface area (Å²) >= 11 is 0. The van der Waals surface area contributed by atoms with E-state index in [0.29, 0.717) is 22.7 Å². The topological polar surface area (TPSA) is 312 Å². The minimum absolute atomic E-state index is 0.653. The number of para-hydroxylation sites is 1. The Morgan fingerprint density at radius 1 is 0.278 bits per heavy atom. The summed E-state index contributed by atoms with van der Waals surface area (Å²) in [5.41, 5.74) is 81.1. The molecule has 0 atom stereocenters. The van der Waals surface area contributed by atoms with E-state index in [2.05, 4.69) is 0 Å². The van der Waals surface area contributed by atoms with Gasteiger partial charge in [0.05, 0.1) is 22.7 Å².